The largest absolute Gasteiger partial charge is 0.497 e. The van der Waals surface area contributed by atoms with Crippen LogP contribution in [0.1, 0.15) is 42.4 Å². The lowest BCUT2D eigenvalue weighted by Crippen LogP contribution is -2.67. The molecule has 1 saturated carbocycles. The lowest BCUT2D eigenvalue weighted by Gasteiger charge is -2.58. The number of benzene rings is 3. The quantitative estimate of drug-likeness (QED) is 0.370. The van der Waals surface area contributed by atoms with E-state index in [0.29, 0.717) is 25.0 Å². The Morgan fingerprint density at radius 1 is 0.821 bits per heavy atom. The molecule has 3 fully saturated rings. The van der Waals surface area contributed by atoms with Crippen molar-refractivity contribution in [3.63, 3.8) is 0 Å². The van der Waals surface area contributed by atoms with Crippen molar-refractivity contribution < 1.29 is 19.3 Å². The van der Waals surface area contributed by atoms with Crippen LogP contribution >= 0.6 is 0 Å². The lowest BCUT2D eigenvalue weighted by atomic mass is 9.64. The monoisotopic (exact) mass is 527 g/mol. The highest BCUT2D eigenvalue weighted by Crippen LogP contribution is 2.54. The first kappa shape index (κ1) is 26.5. The number of nitrogens with zero attached hydrogens (tertiary/aromatic N) is 1. The molecule has 6 rings (SSSR count). The molecule has 0 radical (unpaired) electrons. The van der Waals surface area contributed by atoms with Gasteiger partial charge >= 0.3 is 0 Å². The molecule has 3 aromatic carbocycles. The number of rotatable bonds is 10. The predicted octanol–water partition coefficient (Wildman–Crippen LogP) is 5.64. The molecule has 3 aromatic rings. The first-order valence-corrected chi connectivity index (χ1v) is 14.5. The summed E-state index contributed by atoms with van der Waals surface area (Å²) in [5.41, 5.74) is 3.82. The van der Waals surface area contributed by atoms with Crippen molar-refractivity contribution in [2.45, 2.75) is 69.1 Å². The van der Waals surface area contributed by atoms with Gasteiger partial charge in [-0.2, -0.15) is 0 Å². The second-order valence-electron chi connectivity index (χ2n) is 11.8. The molecule has 39 heavy (non-hydrogen) atoms. The van der Waals surface area contributed by atoms with Crippen molar-refractivity contribution >= 4 is 0 Å². The summed E-state index contributed by atoms with van der Waals surface area (Å²) in [7, 11) is 1.71. The van der Waals surface area contributed by atoms with Crippen LogP contribution in [0.25, 0.3) is 0 Å². The molecule has 2 bridgehead atoms. The smallest absolute Gasteiger partial charge is 0.118 e. The molecule has 3 aliphatic rings. The highest BCUT2D eigenvalue weighted by Gasteiger charge is 2.59. The van der Waals surface area contributed by atoms with Gasteiger partial charge in [-0.1, -0.05) is 72.8 Å². The van der Waals surface area contributed by atoms with E-state index < -0.39 is 0 Å². The normalized spacial score (nSPS) is 30.2. The molecule has 206 valence electrons. The Morgan fingerprint density at radius 3 is 2.13 bits per heavy atom. The van der Waals surface area contributed by atoms with E-state index >= 15 is 0 Å². The third-order valence-corrected chi connectivity index (χ3v) is 9.38. The Balaban J connectivity index is 1.31. The number of hydrogen-bond donors (Lipinski definition) is 1. The summed E-state index contributed by atoms with van der Waals surface area (Å²) in [5.74, 6) is 1.50. The molecular formula is C34H41NO4. The van der Waals surface area contributed by atoms with Crippen LogP contribution in [0, 0.1) is 11.8 Å². The second-order valence-corrected chi connectivity index (χ2v) is 11.8. The number of aliphatic hydroxyl groups is 1. The van der Waals surface area contributed by atoms with Gasteiger partial charge in [0, 0.05) is 30.7 Å². The lowest BCUT2D eigenvalue weighted by molar-refractivity contribution is -0.184. The molecule has 2 heterocycles. The molecule has 2 saturated heterocycles. The SMILES string of the molecule is COc1ccc(C[C@@H]2[C@@H](OCc3ccccc3)[C@H]3C[C@@]4(CC[C@@H]3OCc3ccccc3)C[C@@H](CO)CN24)cc1. The Hall–Kier alpha value is -2.70. The summed E-state index contributed by atoms with van der Waals surface area (Å²) in [6.07, 6.45) is 5.39. The minimum absolute atomic E-state index is 0.0407. The van der Waals surface area contributed by atoms with Gasteiger partial charge in [-0.15, -0.1) is 0 Å². The van der Waals surface area contributed by atoms with E-state index in [2.05, 4.69) is 89.8 Å². The van der Waals surface area contributed by atoms with Gasteiger partial charge in [0.05, 0.1) is 32.5 Å². The minimum Gasteiger partial charge on any atom is -0.497 e. The Morgan fingerprint density at radius 2 is 1.49 bits per heavy atom. The van der Waals surface area contributed by atoms with Crippen LogP contribution in [0.4, 0.5) is 0 Å². The van der Waals surface area contributed by atoms with Crippen molar-refractivity contribution in [1.29, 1.82) is 0 Å². The van der Waals surface area contributed by atoms with E-state index in [0.717, 1.165) is 44.4 Å². The van der Waals surface area contributed by atoms with Crippen LogP contribution < -0.4 is 4.74 Å². The summed E-state index contributed by atoms with van der Waals surface area (Å²) in [6.45, 7) is 2.41. The third kappa shape index (κ3) is 5.64. The van der Waals surface area contributed by atoms with E-state index in [4.69, 9.17) is 14.2 Å². The number of ether oxygens (including phenoxy) is 3. The average Bonchev–Trinajstić information content (AvgIpc) is 3.35. The number of piperidine rings is 1. The van der Waals surface area contributed by atoms with Gasteiger partial charge in [-0.05, 0) is 66.8 Å². The Labute approximate surface area is 232 Å². The molecule has 2 aliphatic heterocycles. The number of methoxy groups -OCH3 is 1. The first-order chi connectivity index (χ1) is 19.2. The first-order valence-electron chi connectivity index (χ1n) is 14.5. The van der Waals surface area contributed by atoms with Gasteiger partial charge in [0.15, 0.2) is 0 Å². The molecule has 0 unspecified atom stereocenters. The van der Waals surface area contributed by atoms with Gasteiger partial charge in [0.2, 0.25) is 0 Å². The molecule has 5 nitrogen and oxygen atoms in total. The van der Waals surface area contributed by atoms with Crippen LogP contribution in [0.3, 0.4) is 0 Å². The van der Waals surface area contributed by atoms with Crippen molar-refractivity contribution in [3.8, 4) is 5.75 Å². The van der Waals surface area contributed by atoms with Crippen molar-refractivity contribution in [1.82, 2.24) is 4.90 Å². The Bertz CT molecular complexity index is 1190. The summed E-state index contributed by atoms with van der Waals surface area (Å²) in [4.78, 5) is 2.73. The standard InChI is InChI=1S/C34H41NO4/c1-37-29-14-12-25(13-15-29)18-31-33(39-24-27-10-6-3-7-11-27)30-20-34(19-28(22-36)21-35(31)34)17-16-32(30)38-23-26-8-4-2-5-9-26/h2-15,28,30-33,36H,16-24H2,1H3/t28-,30+,31-,32+,33+,34-/m1/s1. The van der Waals surface area contributed by atoms with Gasteiger partial charge in [-0.25, -0.2) is 0 Å². The summed E-state index contributed by atoms with van der Waals surface area (Å²) in [5, 5.41) is 10.2. The topological polar surface area (TPSA) is 51.2 Å². The van der Waals surface area contributed by atoms with Crippen LogP contribution in [0.2, 0.25) is 0 Å². The predicted molar refractivity (Wildman–Crippen MR) is 152 cm³/mol. The fourth-order valence-corrected chi connectivity index (χ4v) is 7.55. The second kappa shape index (κ2) is 11.8. The fourth-order valence-electron chi connectivity index (χ4n) is 7.55. The van der Waals surface area contributed by atoms with Crippen LogP contribution in [-0.4, -0.2) is 54.1 Å². The van der Waals surface area contributed by atoms with E-state index in [-0.39, 0.29) is 30.4 Å². The highest BCUT2D eigenvalue weighted by atomic mass is 16.5. The van der Waals surface area contributed by atoms with Gasteiger partial charge in [0.25, 0.3) is 0 Å². The summed E-state index contributed by atoms with van der Waals surface area (Å²) in [6, 6.07) is 29.7. The number of fused-ring (bicyclic) bond motifs is 1. The Kier molecular flexibility index (Phi) is 8.03. The maximum atomic E-state index is 10.2. The molecule has 1 aliphatic carbocycles. The van der Waals surface area contributed by atoms with Crippen molar-refractivity contribution in [2.24, 2.45) is 11.8 Å². The van der Waals surface area contributed by atoms with Crippen LogP contribution in [-0.2, 0) is 29.1 Å². The van der Waals surface area contributed by atoms with Crippen LogP contribution in [0.5, 0.6) is 5.75 Å². The zero-order chi connectivity index (χ0) is 26.7. The van der Waals surface area contributed by atoms with E-state index in [1.807, 2.05) is 0 Å². The van der Waals surface area contributed by atoms with Gasteiger partial charge in [-0.3, -0.25) is 4.90 Å². The van der Waals surface area contributed by atoms with E-state index in [1.54, 1.807) is 7.11 Å². The molecule has 5 heteroatoms. The molecule has 0 aromatic heterocycles. The average molecular weight is 528 g/mol. The van der Waals surface area contributed by atoms with Crippen molar-refractivity contribution in [2.75, 3.05) is 20.3 Å². The van der Waals surface area contributed by atoms with Gasteiger partial charge in [0.1, 0.15) is 5.75 Å². The highest BCUT2D eigenvalue weighted by molar-refractivity contribution is 5.29. The summed E-state index contributed by atoms with van der Waals surface area (Å²) >= 11 is 0. The van der Waals surface area contributed by atoms with E-state index in [9.17, 15) is 5.11 Å². The molecule has 1 N–H and O–H groups in total. The minimum atomic E-state index is 0.0407. The third-order valence-electron chi connectivity index (χ3n) is 9.38. The van der Waals surface area contributed by atoms with Crippen LogP contribution in [0.15, 0.2) is 84.9 Å². The number of aliphatic hydroxyl groups excluding tert-OH is 1. The zero-order valence-electron chi connectivity index (χ0n) is 23.0. The molecule has 6 atom stereocenters. The maximum Gasteiger partial charge on any atom is 0.118 e. The van der Waals surface area contributed by atoms with Crippen molar-refractivity contribution in [3.05, 3.63) is 102 Å². The molecular weight excluding hydrogens is 486 g/mol. The molecule has 0 amide bonds. The zero-order valence-corrected chi connectivity index (χ0v) is 23.0. The van der Waals surface area contributed by atoms with E-state index in [1.165, 1.54) is 16.7 Å². The number of hydrogen-bond acceptors (Lipinski definition) is 5. The maximum absolute atomic E-state index is 10.2. The van der Waals surface area contributed by atoms with Gasteiger partial charge < -0.3 is 19.3 Å². The summed E-state index contributed by atoms with van der Waals surface area (Å²) < 4.78 is 19.1. The molecule has 1 spiro atoms. The fraction of sp³-hybridized carbons (Fsp3) is 0.471.